The van der Waals surface area contributed by atoms with Crippen LogP contribution in [-0.4, -0.2) is 119 Å². The highest BCUT2D eigenvalue weighted by Gasteiger charge is 2.35. The maximum absolute atomic E-state index is 13.2. The van der Waals surface area contributed by atoms with E-state index < -0.39 is 84.3 Å². The monoisotopic (exact) mass is 577 g/mol. The van der Waals surface area contributed by atoms with Gasteiger partial charge in [-0.05, 0) is 26.8 Å². The molecule has 0 bridgehead atoms. The molecule has 0 aromatic carbocycles. The summed E-state index contributed by atoms with van der Waals surface area (Å²) in [5.41, 5.74) is 15.9. The first-order valence-corrected chi connectivity index (χ1v) is 13.2. The number of carbonyl (C=O) groups excluding carboxylic acids is 5. The quantitative estimate of drug-likeness (QED) is 0.0528. The van der Waals surface area contributed by atoms with E-state index in [1.807, 2.05) is 0 Å². The Morgan fingerprint density at radius 1 is 1.03 bits per heavy atom. The molecule has 14 N–H and O–H groups in total. The molecule has 222 valence electrons. The largest absolute Gasteiger partial charge is 0.394 e. The van der Waals surface area contributed by atoms with E-state index in [1.165, 1.54) is 14.0 Å². The summed E-state index contributed by atoms with van der Waals surface area (Å²) < 4.78 is 0. The highest BCUT2D eigenvalue weighted by molar-refractivity contribution is 8.00. The van der Waals surface area contributed by atoms with E-state index >= 15 is 0 Å². The van der Waals surface area contributed by atoms with Crippen LogP contribution >= 0.6 is 11.8 Å². The second-order valence-electron chi connectivity index (χ2n) is 8.82. The molecule has 17 nitrogen and oxygen atoms in total. The van der Waals surface area contributed by atoms with Crippen LogP contribution in [0, 0.1) is 0 Å². The average Bonchev–Trinajstić information content (AvgIpc) is 2.85. The van der Waals surface area contributed by atoms with Crippen molar-refractivity contribution in [3.63, 3.8) is 0 Å². The Kier molecular flexibility index (Phi) is 14.5. The zero-order valence-corrected chi connectivity index (χ0v) is 22.6. The van der Waals surface area contributed by atoms with Crippen LogP contribution < -0.4 is 43.8 Å². The topological polar surface area (TPSA) is 297 Å². The lowest BCUT2D eigenvalue weighted by Gasteiger charge is -2.32. The molecule has 2 unspecified atom stereocenters. The summed E-state index contributed by atoms with van der Waals surface area (Å²) in [5, 5.41) is 41.3. The van der Waals surface area contributed by atoms with Crippen LogP contribution in [0.15, 0.2) is 4.99 Å². The fourth-order valence-electron chi connectivity index (χ4n) is 3.58. The molecular formula is C21H39N9O8S. The van der Waals surface area contributed by atoms with Crippen molar-refractivity contribution in [3.8, 4) is 0 Å². The molecule has 0 saturated carbocycles. The molecule has 0 aromatic rings. The number of hydrogen-bond acceptors (Lipinski definition) is 11. The molecular weight excluding hydrogens is 538 g/mol. The molecule has 1 saturated heterocycles. The van der Waals surface area contributed by atoms with Gasteiger partial charge < -0.3 is 59.1 Å². The molecule has 5 amide bonds. The van der Waals surface area contributed by atoms with Crippen LogP contribution in [-0.2, 0) is 24.0 Å². The van der Waals surface area contributed by atoms with Gasteiger partial charge in [-0.3, -0.25) is 29.0 Å². The lowest BCUT2D eigenvalue weighted by molar-refractivity contribution is -0.135. The molecule has 1 aliphatic rings. The number of nitrogens with two attached hydrogens (primary N) is 3. The molecule has 0 radical (unpaired) electrons. The van der Waals surface area contributed by atoms with Gasteiger partial charge in [-0.1, -0.05) is 0 Å². The van der Waals surface area contributed by atoms with Crippen molar-refractivity contribution in [1.29, 1.82) is 0 Å². The van der Waals surface area contributed by atoms with E-state index in [2.05, 4.69) is 31.6 Å². The van der Waals surface area contributed by atoms with Gasteiger partial charge in [0.2, 0.25) is 29.5 Å². The van der Waals surface area contributed by atoms with Crippen molar-refractivity contribution in [2.45, 2.75) is 67.9 Å². The van der Waals surface area contributed by atoms with E-state index in [-0.39, 0.29) is 24.7 Å². The number of likely N-dealkylation sites (N-methyl/N-ethyl adjacent to an activating group) is 1. The van der Waals surface area contributed by atoms with Gasteiger partial charge in [0, 0.05) is 18.3 Å². The molecule has 1 fully saturated rings. The van der Waals surface area contributed by atoms with Crippen molar-refractivity contribution >= 4 is 47.3 Å². The van der Waals surface area contributed by atoms with Gasteiger partial charge >= 0.3 is 0 Å². The van der Waals surface area contributed by atoms with Crippen LogP contribution in [0.25, 0.3) is 0 Å². The fraction of sp³-hybridized carbons (Fsp3) is 0.714. The van der Waals surface area contributed by atoms with Crippen molar-refractivity contribution < 1.29 is 39.3 Å². The Labute approximate surface area is 229 Å². The number of primary amides is 1. The van der Waals surface area contributed by atoms with E-state index in [9.17, 15) is 39.3 Å². The zero-order chi connectivity index (χ0) is 29.7. The van der Waals surface area contributed by atoms with E-state index in [1.54, 1.807) is 0 Å². The third-order valence-corrected chi connectivity index (χ3v) is 7.19. The van der Waals surface area contributed by atoms with Crippen molar-refractivity contribution in [2.24, 2.45) is 22.2 Å². The molecule has 1 rings (SSSR count). The SMILES string of the molecule is CN[C@H]1CSC(C(O)O)[C@@H](CCCN=C(N)N)NC(=O)[C@H](CC(N)=O)NC(=O)[C@H](C)NC(=O)C(CO)NC1=O. The first-order chi connectivity index (χ1) is 18.3. The Hall–Kier alpha value is -3.19. The predicted molar refractivity (Wildman–Crippen MR) is 142 cm³/mol. The van der Waals surface area contributed by atoms with Crippen LogP contribution in [0.1, 0.15) is 26.2 Å². The smallest absolute Gasteiger partial charge is 0.245 e. The number of hydrogen-bond donors (Lipinski definition) is 11. The third kappa shape index (κ3) is 11.6. The number of aliphatic imine (C=N–C) groups is 1. The molecule has 18 heteroatoms. The zero-order valence-electron chi connectivity index (χ0n) is 21.8. The lowest BCUT2D eigenvalue weighted by atomic mass is 10.0. The number of aliphatic hydroxyl groups excluding tert-OH is 2. The fourth-order valence-corrected chi connectivity index (χ4v) is 4.92. The molecule has 39 heavy (non-hydrogen) atoms. The Morgan fingerprint density at radius 3 is 2.18 bits per heavy atom. The summed E-state index contributed by atoms with van der Waals surface area (Å²) in [6.07, 6.45) is -2.11. The van der Waals surface area contributed by atoms with Crippen LogP contribution in [0.5, 0.6) is 0 Å². The predicted octanol–water partition coefficient (Wildman–Crippen LogP) is -6.12. The summed E-state index contributed by atoms with van der Waals surface area (Å²) >= 11 is 0.937. The first-order valence-electron chi connectivity index (χ1n) is 12.1. The Bertz CT molecular complexity index is 903. The van der Waals surface area contributed by atoms with E-state index in [0.29, 0.717) is 6.42 Å². The summed E-state index contributed by atoms with van der Waals surface area (Å²) in [6.45, 7) is 0.678. The number of thioether (sulfide) groups is 1. The Morgan fingerprint density at radius 2 is 1.64 bits per heavy atom. The van der Waals surface area contributed by atoms with E-state index in [0.717, 1.165) is 11.8 Å². The summed E-state index contributed by atoms with van der Waals surface area (Å²) in [7, 11) is 1.47. The number of carbonyl (C=O) groups is 5. The number of nitrogens with zero attached hydrogens (tertiary/aromatic N) is 1. The van der Waals surface area contributed by atoms with Gasteiger partial charge in [0.15, 0.2) is 12.2 Å². The maximum Gasteiger partial charge on any atom is 0.245 e. The van der Waals surface area contributed by atoms with Gasteiger partial charge in [0.1, 0.15) is 18.1 Å². The first kappa shape index (κ1) is 33.8. The van der Waals surface area contributed by atoms with Gasteiger partial charge in [-0.2, -0.15) is 0 Å². The summed E-state index contributed by atoms with van der Waals surface area (Å²) in [4.78, 5) is 66.8. The van der Waals surface area contributed by atoms with Crippen LogP contribution in [0.3, 0.4) is 0 Å². The number of nitrogens with one attached hydrogen (secondary N) is 5. The van der Waals surface area contributed by atoms with Crippen LogP contribution in [0.4, 0.5) is 0 Å². The standard InChI is InChI=1S/C21H39N9O8S/c1-9-16(33)29-11(6-14(22)32)17(34)28-10(4-3-5-26-21(23)24)15(20(37)38)39-8-13(25-2)19(36)30-12(7-31)18(35)27-9/h9-13,15,20,25,31,37-38H,3-8H2,1-2H3,(H2,22,32)(H,27,35)(H,28,34)(H,29,33)(H,30,36)(H4,23,24,26)/t9-,10+,11-,12?,13-,15?/m0/s1. The minimum atomic E-state index is -1.97. The number of aliphatic hydroxyl groups is 3. The second kappa shape index (κ2) is 16.7. The van der Waals surface area contributed by atoms with Gasteiger partial charge in [0.25, 0.3) is 0 Å². The van der Waals surface area contributed by atoms with Gasteiger partial charge in [-0.15, -0.1) is 11.8 Å². The van der Waals surface area contributed by atoms with Crippen molar-refractivity contribution in [3.05, 3.63) is 0 Å². The molecule has 6 atom stereocenters. The normalized spacial score (nSPS) is 27.6. The second-order valence-corrected chi connectivity index (χ2v) is 10.0. The summed E-state index contributed by atoms with van der Waals surface area (Å²) in [5.74, 6) is -4.35. The Balaban J connectivity index is 3.42. The maximum atomic E-state index is 13.2. The summed E-state index contributed by atoms with van der Waals surface area (Å²) in [6, 6.07) is -6.00. The number of amides is 5. The molecule has 0 aromatic heterocycles. The molecule has 0 spiro atoms. The van der Waals surface area contributed by atoms with E-state index in [4.69, 9.17) is 17.2 Å². The average molecular weight is 578 g/mol. The minimum Gasteiger partial charge on any atom is -0.394 e. The van der Waals surface area contributed by atoms with Gasteiger partial charge in [0.05, 0.1) is 24.3 Å². The third-order valence-electron chi connectivity index (χ3n) is 5.71. The number of rotatable bonds is 9. The number of guanidine groups is 1. The molecule has 1 heterocycles. The molecule has 1 aliphatic heterocycles. The van der Waals surface area contributed by atoms with Crippen molar-refractivity contribution in [1.82, 2.24) is 26.6 Å². The lowest BCUT2D eigenvalue weighted by Crippen LogP contribution is -2.60. The van der Waals surface area contributed by atoms with Crippen LogP contribution in [0.2, 0.25) is 0 Å². The highest BCUT2D eigenvalue weighted by Crippen LogP contribution is 2.23. The molecule has 0 aliphatic carbocycles. The van der Waals surface area contributed by atoms with Crippen molar-refractivity contribution in [2.75, 3.05) is 26.0 Å². The minimum absolute atomic E-state index is 0.0392. The highest BCUT2D eigenvalue weighted by atomic mass is 32.2. The van der Waals surface area contributed by atoms with Gasteiger partial charge in [-0.25, -0.2) is 0 Å².